The van der Waals surface area contributed by atoms with Crippen LogP contribution < -0.4 is 0 Å². The first kappa shape index (κ1) is 21.0. The molecule has 0 fully saturated rings. The standard InChI is InChI=1S/C26H24BrNO/c1-20(18-28(2)19-21-10-5-3-6-11-21)26(29)25(23-13-7-4-8-14-23)17-22-12-9-15-24(27)16-22/h3-17H,1,18-19H2,2H3/b25-17+. The second-order valence-corrected chi connectivity index (χ2v) is 7.99. The van der Waals surface area contributed by atoms with Crippen molar-refractivity contribution >= 4 is 33.4 Å². The summed E-state index contributed by atoms with van der Waals surface area (Å²) in [6, 6.07) is 27.9. The molecule has 29 heavy (non-hydrogen) atoms. The Labute approximate surface area is 181 Å². The minimum absolute atomic E-state index is 0.0314. The predicted molar refractivity (Wildman–Crippen MR) is 125 cm³/mol. The zero-order valence-corrected chi connectivity index (χ0v) is 18.1. The van der Waals surface area contributed by atoms with Gasteiger partial charge in [0.1, 0.15) is 0 Å². The molecular weight excluding hydrogens is 422 g/mol. The number of benzene rings is 3. The monoisotopic (exact) mass is 445 g/mol. The summed E-state index contributed by atoms with van der Waals surface area (Å²) in [7, 11) is 2.01. The Morgan fingerprint density at radius 3 is 2.28 bits per heavy atom. The van der Waals surface area contributed by atoms with Crippen molar-refractivity contribution in [3.05, 3.63) is 118 Å². The fraction of sp³-hybridized carbons (Fsp3) is 0.115. The van der Waals surface area contributed by atoms with Crippen LogP contribution >= 0.6 is 15.9 Å². The SMILES string of the molecule is C=C(CN(C)Cc1ccccc1)C(=O)/C(=C/c1cccc(Br)c1)c1ccccc1. The van der Waals surface area contributed by atoms with Gasteiger partial charge >= 0.3 is 0 Å². The van der Waals surface area contributed by atoms with Gasteiger partial charge in [0.15, 0.2) is 5.78 Å². The van der Waals surface area contributed by atoms with Gasteiger partial charge in [-0.1, -0.05) is 95.3 Å². The molecule has 0 bridgehead atoms. The first-order valence-electron chi connectivity index (χ1n) is 9.50. The third-order valence-corrected chi connectivity index (χ3v) is 5.06. The van der Waals surface area contributed by atoms with E-state index >= 15 is 0 Å². The van der Waals surface area contributed by atoms with E-state index in [1.54, 1.807) is 0 Å². The molecule has 0 saturated heterocycles. The molecule has 0 radical (unpaired) electrons. The maximum absolute atomic E-state index is 13.3. The van der Waals surface area contributed by atoms with Crippen LogP contribution in [0.1, 0.15) is 16.7 Å². The fourth-order valence-electron chi connectivity index (χ4n) is 3.20. The van der Waals surface area contributed by atoms with E-state index in [9.17, 15) is 4.79 Å². The average molecular weight is 446 g/mol. The Kier molecular flexibility index (Phi) is 7.34. The van der Waals surface area contributed by atoms with Crippen molar-refractivity contribution in [2.45, 2.75) is 6.54 Å². The molecule has 0 N–H and O–H groups in total. The van der Waals surface area contributed by atoms with Crippen LogP contribution in [0.4, 0.5) is 0 Å². The molecule has 0 atom stereocenters. The molecule has 3 rings (SSSR count). The molecule has 0 aliphatic carbocycles. The Bertz CT molecular complexity index is 1010. The lowest BCUT2D eigenvalue weighted by Crippen LogP contribution is -2.23. The Hall–Kier alpha value is -2.75. The van der Waals surface area contributed by atoms with Gasteiger partial charge in [-0.15, -0.1) is 0 Å². The second kappa shape index (κ2) is 10.1. The molecule has 0 heterocycles. The number of likely N-dealkylation sites (N-methyl/N-ethyl adjacent to an activating group) is 1. The van der Waals surface area contributed by atoms with Crippen LogP contribution in [0.2, 0.25) is 0 Å². The lowest BCUT2D eigenvalue weighted by atomic mass is 9.95. The van der Waals surface area contributed by atoms with Gasteiger partial charge in [-0.3, -0.25) is 9.69 Å². The number of hydrogen-bond acceptors (Lipinski definition) is 2. The summed E-state index contributed by atoms with van der Waals surface area (Å²) >= 11 is 3.50. The molecule has 3 heteroatoms. The maximum Gasteiger partial charge on any atom is 0.190 e. The zero-order valence-electron chi connectivity index (χ0n) is 16.5. The van der Waals surface area contributed by atoms with Crippen molar-refractivity contribution in [3.63, 3.8) is 0 Å². The first-order valence-corrected chi connectivity index (χ1v) is 10.3. The number of carbonyl (C=O) groups is 1. The van der Waals surface area contributed by atoms with E-state index in [0.717, 1.165) is 22.1 Å². The van der Waals surface area contributed by atoms with Gasteiger partial charge in [-0.05, 0) is 41.9 Å². The molecule has 0 spiro atoms. The Balaban J connectivity index is 1.81. The van der Waals surface area contributed by atoms with Crippen molar-refractivity contribution in [1.29, 1.82) is 0 Å². The molecule has 0 unspecified atom stereocenters. The molecule has 0 saturated carbocycles. The molecule has 0 aliphatic heterocycles. The Morgan fingerprint density at radius 1 is 0.966 bits per heavy atom. The molecular formula is C26H24BrNO. The second-order valence-electron chi connectivity index (χ2n) is 7.07. The fourth-order valence-corrected chi connectivity index (χ4v) is 3.62. The summed E-state index contributed by atoms with van der Waals surface area (Å²) in [4.78, 5) is 15.4. The first-order chi connectivity index (χ1) is 14.0. The number of Topliss-reactive ketones (excluding diaryl/α,β-unsaturated/α-hetero) is 1. The van der Waals surface area contributed by atoms with Crippen molar-refractivity contribution in [2.75, 3.05) is 13.6 Å². The van der Waals surface area contributed by atoms with E-state index in [2.05, 4.69) is 39.5 Å². The maximum atomic E-state index is 13.3. The molecule has 3 aromatic carbocycles. The van der Waals surface area contributed by atoms with Crippen molar-refractivity contribution in [1.82, 2.24) is 4.90 Å². The van der Waals surface area contributed by atoms with E-state index in [1.807, 2.05) is 85.9 Å². The van der Waals surface area contributed by atoms with Crippen molar-refractivity contribution in [2.24, 2.45) is 0 Å². The number of ketones is 1. The van der Waals surface area contributed by atoms with Gasteiger partial charge in [0.05, 0.1) is 0 Å². The quantitative estimate of drug-likeness (QED) is 0.301. The third kappa shape index (κ3) is 6.11. The number of carbonyl (C=O) groups excluding carboxylic acids is 1. The third-order valence-electron chi connectivity index (χ3n) is 4.57. The van der Waals surface area contributed by atoms with Gasteiger partial charge in [-0.25, -0.2) is 0 Å². The highest BCUT2D eigenvalue weighted by Crippen LogP contribution is 2.24. The molecule has 3 aromatic rings. The van der Waals surface area contributed by atoms with Crippen molar-refractivity contribution < 1.29 is 4.79 Å². The van der Waals surface area contributed by atoms with E-state index < -0.39 is 0 Å². The van der Waals surface area contributed by atoms with Crippen LogP contribution in [0.15, 0.2) is 102 Å². The van der Waals surface area contributed by atoms with Crippen LogP contribution in [0.3, 0.4) is 0 Å². The number of halogens is 1. The minimum Gasteiger partial charge on any atom is -0.298 e. The highest BCUT2D eigenvalue weighted by molar-refractivity contribution is 9.10. The summed E-state index contributed by atoms with van der Waals surface area (Å²) in [5.41, 5.74) is 4.31. The minimum atomic E-state index is -0.0314. The summed E-state index contributed by atoms with van der Waals surface area (Å²) in [6.45, 7) is 5.38. The number of hydrogen-bond donors (Lipinski definition) is 0. The van der Waals surface area contributed by atoms with E-state index in [1.165, 1.54) is 5.56 Å². The molecule has 0 amide bonds. The van der Waals surface area contributed by atoms with Crippen LogP contribution in [0.25, 0.3) is 11.6 Å². The summed E-state index contributed by atoms with van der Waals surface area (Å²) in [6.07, 6.45) is 1.94. The highest BCUT2D eigenvalue weighted by Gasteiger charge is 2.17. The van der Waals surface area contributed by atoms with Gasteiger partial charge in [0.25, 0.3) is 0 Å². The van der Waals surface area contributed by atoms with Gasteiger partial charge in [0, 0.05) is 28.7 Å². The van der Waals surface area contributed by atoms with E-state index in [4.69, 9.17) is 0 Å². The lowest BCUT2D eigenvalue weighted by Gasteiger charge is -2.18. The van der Waals surface area contributed by atoms with Gasteiger partial charge in [0.2, 0.25) is 0 Å². The number of allylic oxidation sites excluding steroid dienone is 1. The van der Waals surface area contributed by atoms with Crippen LogP contribution in [-0.2, 0) is 11.3 Å². The largest absolute Gasteiger partial charge is 0.298 e. The average Bonchev–Trinajstić information content (AvgIpc) is 2.73. The number of rotatable bonds is 8. The molecule has 0 aliphatic rings. The normalized spacial score (nSPS) is 11.5. The number of nitrogens with zero attached hydrogens (tertiary/aromatic N) is 1. The van der Waals surface area contributed by atoms with Crippen LogP contribution in [-0.4, -0.2) is 24.3 Å². The van der Waals surface area contributed by atoms with E-state index in [-0.39, 0.29) is 5.78 Å². The predicted octanol–water partition coefficient (Wildman–Crippen LogP) is 6.25. The van der Waals surface area contributed by atoms with Crippen molar-refractivity contribution in [3.8, 4) is 0 Å². The van der Waals surface area contributed by atoms with Gasteiger partial charge in [-0.2, -0.15) is 0 Å². The lowest BCUT2D eigenvalue weighted by molar-refractivity contribution is -0.110. The highest BCUT2D eigenvalue weighted by atomic mass is 79.9. The van der Waals surface area contributed by atoms with E-state index in [0.29, 0.717) is 17.7 Å². The Morgan fingerprint density at radius 2 is 1.62 bits per heavy atom. The summed E-state index contributed by atoms with van der Waals surface area (Å²) in [5.74, 6) is -0.0314. The summed E-state index contributed by atoms with van der Waals surface area (Å²) in [5, 5.41) is 0. The molecule has 0 aromatic heterocycles. The van der Waals surface area contributed by atoms with Crippen LogP contribution in [0, 0.1) is 0 Å². The summed E-state index contributed by atoms with van der Waals surface area (Å²) < 4.78 is 0.979. The van der Waals surface area contributed by atoms with Crippen LogP contribution in [0.5, 0.6) is 0 Å². The van der Waals surface area contributed by atoms with Gasteiger partial charge < -0.3 is 0 Å². The smallest absolute Gasteiger partial charge is 0.190 e. The zero-order chi connectivity index (χ0) is 20.6. The topological polar surface area (TPSA) is 20.3 Å². The molecule has 146 valence electrons. The molecule has 2 nitrogen and oxygen atoms in total.